The smallest absolute Gasteiger partial charge is 0.412 e. The molecule has 1 aromatic rings. The van der Waals surface area contributed by atoms with Crippen LogP contribution in [-0.4, -0.2) is 22.6 Å². The van der Waals surface area contributed by atoms with Gasteiger partial charge in [-0.05, 0) is 39.8 Å². The van der Waals surface area contributed by atoms with Crippen molar-refractivity contribution in [2.24, 2.45) is 0 Å². The topological polar surface area (TPSA) is 75.6 Å². The van der Waals surface area contributed by atoms with Gasteiger partial charge >= 0.3 is 6.09 Å². The van der Waals surface area contributed by atoms with Crippen molar-refractivity contribution in [3.63, 3.8) is 0 Å². The number of para-hydroxylation sites is 1. The Labute approximate surface area is 106 Å². The summed E-state index contributed by atoms with van der Waals surface area (Å²) in [7, 11) is 0. The first-order valence-electron chi connectivity index (χ1n) is 5.53. The number of nitrogens with one attached hydrogen (secondary N) is 1. The van der Waals surface area contributed by atoms with Crippen molar-refractivity contribution in [1.29, 1.82) is 0 Å². The molecule has 0 aliphatic carbocycles. The van der Waals surface area contributed by atoms with Crippen LogP contribution in [0.25, 0.3) is 0 Å². The fourth-order valence-electron chi connectivity index (χ4n) is 1.34. The second-order valence-corrected chi connectivity index (χ2v) is 4.88. The number of hydrogen-bond acceptors (Lipinski definition) is 4. The van der Waals surface area contributed by atoms with E-state index in [1.807, 2.05) is 0 Å². The Morgan fingerprint density at radius 2 is 1.89 bits per heavy atom. The van der Waals surface area contributed by atoms with Crippen LogP contribution in [0.2, 0.25) is 0 Å². The molecule has 0 heterocycles. The highest BCUT2D eigenvalue weighted by atomic mass is 16.6. The van der Waals surface area contributed by atoms with Gasteiger partial charge in [-0.2, -0.15) is 0 Å². The molecule has 0 fully saturated rings. The van der Waals surface area contributed by atoms with Gasteiger partial charge < -0.3 is 9.84 Å². The van der Waals surface area contributed by atoms with E-state index in [1.165, 1.54) is 19.1 Å². The third kappa shape index (κ3) is 3.76. The van der Waals surface area contributed by atoms with Crippen LogP contribution >= 0.6 is 0 Å². The highest BCUT2D eigenvalue weighted by molar-refractivity contribution is 6.00. The van der Waals surface area contributed by atoms with Crippen molar-refractivity contribution in [3.8, 4) is 5.75 Å². The van der Waals surface area contributed by atoms with Gasteiger partial charge in [0.25, 0.3) is 0 Å². The normalized spacial score (nSPS) is 10.9. The van der Waals surface area contributed by atoms with Crippen LogP contribution in [0.4, 0.5) is 10.5 Å². The van der Waals surface area contributed by atoms with Crippen LogP contribution in [0, 0.1) is 0 Å². The molecule has 0 aliphatic heterocycles. The van der Waals surface area contributed by atoms with E-state index in [4.69, 9.17) is 4.74 Å². The number of rotatable bonds is 2. The van der Waals surface area contributed by atoms with Gasteiger partial charge in [-0.3, -0.25) is 10.1 Å². The summed E-state index contributed by atoms with van der Waals surface area (Å²) in [6.07, 6.45) is -0.682. The second kappa shape index (κ2) is 5.08. The molecule has 0 radical (unpaired) electrons. The van der Waals surface area contributed by atoms with E-state index in [1.54, 1.807) is 26.8 Å². The number of phenols is 1. The molecule has 1 amide bonds. The Kier molecular flexibility index (Phi) is 3.96. The number of carbonyl (C=O) groups is 2. The number of phenolic OH excluding ortho intramolecular Hbond substituents is 1. The number of ketones is 1. The van der Waals surface area contributed by atoms with Gasteiger partial charge in [-0.1, -0.05) is 6.07 Å². The molecule has 2 N–H and O–H groups in total. The molecule has 1 aromatic carbocycles. The molecule has 0 aliphatic rings. The standard InChI is InChI=1S/C13H17NO4/c1-8(15)9-6-5-7-10(11(9)16)14-12(17)18-13(2,3)4/h5-7,16H,1-4H3,(H,14,17). The van der Waals surface area contributed by atoms with Gasteiger partial charge in [0.1, 0.15) is 11.4 Å². The predicted molar refractivity (Wildman–Crippen MR) is 68.0 cm³/mol. The number of benzene rings is 1. The summed E-state index contributed by atoms with van der Waals surface area (Å²) in [5.74, 6) is -0.531. The Balaban J connectivity index is 2.89. The van der Waals surface area contributed by atoms with Crippen LogP contribution in [0.15, 0.2) is 18.2 Å². The van der Waals surface area contributed by atoms with Gasteiger partial charge in [-0.25, -0.2) is 4.79 Å². The minimum atomic E-state index is -0.682. The highest BCUT2D eigenvalue weighted by Crippen LogP contribution is 2.28. The van der Waals surface area contributed by atoms with Crippen molar-refractivity contribution >= 4 is 17.6 Å². The first kappa shape index (κ1) is 14.0. The largest absolute Gasteiger partial charge is 0.505 e. The SMILES string of the molecule is CC(=O)c1cccc(NC(=O)OC(C)(C)C)c1O. The summed E-state index contributed by atoms with van der Waals surface area (Å²) in [5.41, 5.74) is -0.321. The molecule has 5 heteroatoms. The predicted octanol–water partition coefficient (Wildman–Crippen LogP) is 2.94. The van der Waals surface area contributed by atoms with E-state index in [0.717, 1.165) is 0 Å². The summed E-state index contributed by atoms with van der Waals surface area (Å²) in [4.78, 5) is 22.8. The van der Waals surface area contributed by atoms with E-state index in [9.17, 15) is 14.7 Å². The number of amides is 1. The van der Waals surface area contributed by atoms with Gasteiger partial charge in [0.2, 0.25) is 0 Å². The molecule has 0 bridgehead atoms. The Morgan fingerprint density at radius 1 is 1.28 bits per heavy atom. The molecule has 0 unspecified atom stereocenters. The number of ether oxygens (including phenoxy) is 1. The van der Waals surface area contributed by atoms with Crippen LogP contribution in [-0.2, 0) is 4.74 Å². The average molecular weight is 251 g/mol. The van der Waals surface area contributed by atoms with Crippen LogP contribution in [0.5, 0.6) is 5.75 Å². The molecule has 0 atom stereocenters. The van der Waals surface area contributed by atoms with Gasteiger partial charge in [0, 0.05) is 0 Å². The third-order valence-corrected chi connectivity index (χ3v) is 2.05. The molecule has 0 spiro atoms. The third-order valence-electron chi connectivity index (χ3n) is 2.05. The minimum Gasteiger partial charge on any atom is -0.505 e. The van der Waals surface area contributed by atoms with Crippen molar-refractivity contribution in [3.05, 3.63) is 23.8 Å². The van der Waals surface area contributed by atoms with Crippen LogP contribution < -0.4 is 5.32 Å². The number of carbonyl (C=O) groups excluding carboxylic acids is 2. The Hall–Kier alpha value is -2.04. The van der Waals surface area contributed by atoms with E-state index < -0.39 is 11.7 Å². The highest BCUT2D eigenvalue weighted by Gasteiger charge is 2.18. The summed E-state index contributed by atoms with van der Waals surface area (Å²) >= 11 is 0. The van der Waals surface area contributed by atoms with Crippen molar-refractivity contribution in [2.45, 2.75) is 33.3 Å². The second-order valence-electron chi connectivity index (χ2n) is 4.88. The summed E-state index contributed by atoms with van der Waals surface area (Å²) < 4.78 is 5.05. The summed E-state index contributed by atoms with van der Waals surface area (Å²) in [6.45, 7) is 6.54. The molecule has 18 heavy (non-hydrogen) atoms. The zero-order valence-electron chi connectivity index (χ0n) is 10.9. The van der Waals surface area contributed by atoms with Gasteiger partial charge in [0.15, 0.2) is 5.78 Å². The number of Topliss-reactive ketones (excluding diaryl/α,β-unsaturated/α-hetero) is 1. The van der Waals surface area contributed by atoms with Crippen molar-refractivity contribution in [2.75, 3.05) is 5.32 Å². The maximum atomic E-state index is 11.5. The average Bonchev–Trinajstić information content (AvgIpc) is 2.17. The zero-order valence-corrected chi connectivity index (χ0v) is 10.9. The van der Waals surface area contributed by atoms with Crippen molar-refractivity contribution < 1.29 is 19.4 Å². The quantitative estimate of drug-likeness (QED) is 0.626. The maximum Gasteiger partial charge on any atom is 0.412 e. The molecular formula is C13H17NO4. The van der Waals surface area contributed by atoms with Gasteiger partial charge in [0.05, 0.1) is 11.3 Å². The summed E-state index contributed by atoms with van der Waals surface area (Å²) in [6, 6.07) is 4.55. The van der Waals surface area contributed by atoms with Crippen molar-refractivity contribution in [1.82, 2.24) is 0 Å². The minimum absolute atomic E-state index is 0.150. The van der Waals surface area contributed by atoms with E-state index in [0.29, 0.717) is 0 Å². The zero-order chi connectivity index (χ0) is 13.9. The number of aromatic hydroxyl groups is 1. The van der Waals surface area contributed by atoms with Crippen LogP contribution in [0.3, 0.4) is 0 Å². The van der Waals surface area contributed by atoms with Crippen LogP contribution in [0.1, 0.15) is 38.1 Å². The Morgan fingerprint density at radius 3 is 2.39 bits per heavy atom. The molecule has 5 nitrogen and oxygen atoms in total. The maximum absolute atomic E-state index is 11.5. The number of hydrogen-bond donors (Lipinski definition) is 2. The van der Waals surface area contributed by atoms with E-state index in [-0.39, 0.29) is 22.8 Å². The first-order valence-corrected chi connectivity index (χ1v) is 5.53. The lowest BCUT2D eigenvalue weighted by atomic mass is 10.1. The molecule has 0 saturated carbocycles. The fourth-order valence-corrected chi connectivity index (χ4v) is 1.34. The molecule has 0 saturated heterocycles. The first-order chi connectivity index (χ1) is 8.20. The Bertz CT molecular complexity index is 474. The fraction of sp³-hybridized carbons (Fsp3) is 0.385. The monoisotopic (exact) mass is 251 g/mol. The lowest BCUT2D eigenvalue weighted by Crippen LogP contribution is -2.27. The molecule has 98 valence electrons. The van der Waals surface area contributed by atoms with Gasteiger partial charge in [-0.15, -0.1) is 0 Å². The van der Waals surface area contributed by atoms with E-state index >= 15 is 0 Å². The number of anilines is 1. The lowest BCUT2D eigenvalue weighted by Gasteiger charge is -2.20. The lowest BCUT2D eigenvalue weighted by molar-refractivity contribution is 0.0635. The molecular weight excluding hydrogens is 234 g/mol. The van der Waals surface area contributed by atoms with E-state index in [2.05, 4.69) is 5.32 Å². The molecule has 1 rings (SSSR count). The summed E-state index contributed by atoms with van der Waals surface area (Å²) in [5, 5.41) is 12.2. The molecule has 0 aromatic heterocycles.